The zero-order valence-electron chi connectivity index (χ0n) is 15.4. The van der Waals surface area contributed by atoms with Crippen LogP contribution in [0.4, 0.5) is 5.95 Å². The number of amides is 1. The lowest BCUT2D eigenvalue weighted by atomic mass is 10.2. The summed E-state index contributed by atoms with van der Waals surface area (Å²) in [5.74, 6) is 1.11. The van der Waals surface area contributed by atoms with Gasteiger partial charge in [0.2, 0.25) is 5.95 Å². The minimum absolute atomic E-state index is 0.0548. The molecule has 2 fully saturated rings. The summed E-state index contributed by atoms with van der Waals surface area (Å²) >= 11 is 0. The third kappa shape index (κ3) is 3.45. The molecule has 2 N–H and O–H groups in total. The van der Waals surface area contributed by atoms with Gasteiger partial charge in [-0.3, -0.25) is 14.9 Å². The Kier molecular flexibility index (Phi) is 4.23. The molecule has 5 rings (SSSR count). The number of hydrogen-bond donors (Lipinski definition) is 2. The molecule has 1 atom stereocenters. The van der Waals surface area contributed by atoms with Crippen molar-refractivity contribution in [2.24, 2.45) is 0 Å². The summed E-state index contributed by atoms with van der Waals surface area (Å²) in [5.41, 5.74) is 3.34. The van der Waals surface area contributed by atoms with E-state index in [0.717, 1.165) is 29.9 Å². The molecule has 4 heterocycles. The normalized spacial score (nSPS) is 19.0. The number of rotatable bonds is 5. The van der Waals surface area contributed by atoms with Crippen LogP contribution in [0.5, 0.6) is 0 Å². The molecule has 1 unspecified atom stereocenters. The Morgan fingerprint density at radius 3 is 2.96 bits per heavy atom. The number of carbonyl (C=O) groups is 1. The molecule has 1 amide bonds. The van der Waals surface area contributed by atoms with E-state index in [1.54, 1.807) is 18.6 Å². The molecule has 142 valence electrons. The van der Waals surface area contributed by atoms with Gasteiger partial charge in [0.25, 0.3) is 5.91 Å². The van der Waals surface area contributed by atoms with E-state index < -0.39 is 0 Å². The smallest absolute Gasteiger partial charge is 0.272 e. The van der Waals surface area contributed by atoms with Crippen LogP contribution in [0.2, 0.25) is 0 Å². The Morgan fingerprint density at radius 2 is 2.14 bits per heavy atom. The van der Waals surface area contributed by atoms with Crippen molar-refractivity contribution in [1.29, 1.82) is 0 Å². The molecule has 3 aromatic heterocycles. The van der Waals surface area contributed by atoms with E-state index in [9.17, 15) is 4.79 Å². The molecule has 3 aromatic rings. The number of nitrogens with zero attached hydrogens (tertiary/aromatic N) is 5. The predicted octanol–water partition coefficient (Wildman–Crippen LogP) is 2.15. The van der Waals surface area contributed by atoms with Gasteiger partial charge in [-0.15, -0.1) is 0 Å². The quantitative estimate of drug-likeness (QED) is 0.709. The van der Waals surface area contributed by atoms with Crippen LogP contribution in [0.1, 0.15) is 41.4 Å². The van der Waals surface area contributed by atoms with Crippen LogP contribution in [-0.2, 0) is 0 Å². The van der Waals surface area contributed by atoms with E-state index in [0.29, 0.717) is 24.1 Å². The zero-order valence-corrected chi connectivity index (χ0v) is 15.4. The molecule has 28 heavy (non-hydrogen) atoms. The summed E-state index contributed by atoms with van der Waals surface area (Å²) < 4.78 is 0. The van der Waals surface area contributed by atoms with Gasteiger partial charge in [0.15, 0.2) is 0 Å². The van der Waals surface area contributed by atoms with Crippen molar-refractivity contribution in [2.75, 3.05) is 18.0 Å². The summed E-state index contributed by atoms with van der Waals surface area (Å²) in [6.07, 6.45) is 8.51. The highest BCUT2D eigenvalue weighted by Crippen LogP contribution is 2.39. The first kappa shape index (κ1) is 16.9. The van der Waals surface area contributed by atoms with E-state index >= 15 is 0 Å². The summed E-state index contributed by atoms with van der Waals surface area (Å²) in [6, 6.07) is 7.68. The second kappa shape index (κ2) is 7.03. The van der Waals surface area contributed by atoms with E-state index in [1.807, 2.05) is 24.3 Å². The maximum absolute atomic E-state index is 12.5. The van der Waals surface area contributed by atoms with Gasteiger partial charge in [-0.05, 0) is 43.5 Å². The standard InChI is InChI=1S/C20H21N7O/c28-19(18-10-17(25-26-18)13-3-4-13)23-15-6-9-27(12-15)20-22-8-5-16(24-20)14-2-1-7-21-11-14/h1-2,5,7-8,10-11,13,15H,3-4,6,9,12H2,(H,23,28)(H,25,26). The van der Waals surface area contributed by atoms with Crippen LogP contribution in [0.25, 0.3) is 11.3 Å². The van der Waals surface area contributed by atoms with Gasteiger partial charge in [0.1, 0.15) is 5.69 Å². The maximum atomic E-state index is 12.5. The SMILES string of the molecule is O=C(NC1CCN(c2nccc(-c3cccnc3)n2)C1)c1cc(C2CC2)[nH]n1. The number of pyridine rings is 1. The van der Waals surface area contributed by atoms with Gasteiger partial charge in [-0.1, -0.05) is 0 Å². The van der Waals surface area contributed by atoms with Crippen LogP contribution in [0.15, 0.2) is 42.9 Å². The van der Waals surface area contributed by atoms with Crippen molar-refractivity contribution in [3.05, 3.63) is 54.2 Å². The average Bonchev–Trinajstić information content (AvgIpc) is 3.28. The molecule has 0 aromatic carbocycles. The lowest BCUT2D eigenvalue weighted by Gasteiger charge is -2.17. The first-order valence-electron chi connectivity index (χ1n) is 9.61. The second-order valence-electron chi connectivity index (χ2n) is 7.37. The van der Waals surface area contributed by atoms with Gasteiger partial charge in [-0.2, -0.15) is 5.10 Å². The van der Waals surface area contributed by atoms with Crippen LogP contribution >= 0.6 is 0 Å². The molecule has 0 bridgehead atoms. The molecule has 1 aliphatic carbocycles. The molecule has 1 saturated heterocycles. The maximum Gasteiger partial charge on any atom is 0.272 e. The Hall–Kier alpha value is -3.29. The molecule has 8 nitrogen and oxygen atoms in total. The Bertz CT molecular complexity index is 983. The van der Waals surface area contributed by atoms with Crippen molar-refractivity contribution < 1.29 is 4.79 Å². The van der Waals surface area contributed by atoms with Crippen molar-refractivity contribution in [3.8, 4) is 11.3 Å². The third-order valence-electron chi connectivity index (χ3n) is 5.25. The van der Waals surface area contributed by atoms with E-state index in [2.05, 4.69) is 35.4 Å². The average molecular weight is 375 g/mol. The summed E-state index contributed by atoms with van der Waals surface area (Å²) in [5, 5.41) is 10.2. The van der Waals surface area contributed by atoms with Gasteiger partial charge in [-0.25, -0.2) is 9.97 Å². The van der Waals surface area contributed by atoms with Gasteiger partial charge in [0.05, 0.1) is 5.69 Å². The zero-order chi connectivity index (χ0) is 18.9. The number of anilines is 1. The lowest BCUT2D eigenvalue weighted by Crippen LogP contribution is -2.37. The molecule has 0 radical (unpaired) electrons. The fraction of sp³-hybridized carbons (Fsp3) is 0.350. The summed E-state index contributed by atoms with van der Waals surface area (Å²) in [4.78, 5) is 27.8. The summed E-state index contributed by atoms with van der Waals surface area (Å²) in [7, 11) is 0. The Morgan fingerprint density at radius 1 is 1.21 bits per heavy atom. The number of aromatic nitrogens is 5. The molecule has 1 aliphatic heterocycles. The highest BCUT2D eigenvalue weighted by Gasteiger charge is 2.29. The van der Waals surface area contributed by atoms with Crippen LogP contribution in [0, 0.1) is 0 Å². The van der Waals surface area contributed by atoms with Gasteiger partial charge < -0.3 is 10.2 Å². The Balaban J connectivity index is 1.24. The lowest BCUT2D eigenvalue weighted by molar-refractivity contribution is 0.0935. The minimum atomic E-state index is -0.125. The van der Waals surface area contributed by atoms with Crippen LogP contribution in [-0.4, -0.2) is 50.2 Å². The molecular formula is C20H21N7O. The van der Waals surface area contributed by atoms with Crippen LogP contribution in [0.3, 0.4) is 0 Å². The number of aromatic amines is 1. The third-order valence-corrected chi connectivity index (χ3v) is 5.25. The van der Waals surface area contributed by atoms with Gasteiger partial charge in [0, 0.05) is 54.9 Å². The highest BCUT2D eigenvalue weighted by molar-refractivity contribution is 5.92. The van der Waals surface area contributed by atoms with E-state index in [1.165, 1.54) is 12.8 Å². The molecular weight excluding hydrogens is 354 g/mol. The molecule has 1 saturated carbocycles. The van der Waals surface area contributed by atoms with Gasteiger partial charge >= 0.3 is 0 Å². The predicted molar refractivity (Wildman–Crippen MR) is 104 cm³/mol. The van der Waals surface area contributed by atoms with Crippen LogP contribution < -0.4 is 10.2 Å². The molecule has 2 aliphatic rings. The number of carbonyl (C=O) groups excluding carboxylic acids is 1. The second-order valence-corrected chi connectivity index (χ2v) is 7.37. The monoisotopic (exact) mass is 375 g/mol. The first-order valence-corrected chi connectivity index (χ1v) is 9.61. The van der Waals surface area contributed by atoms with E-state index in [4.69, 9.17) is 0 Å². The van der Waals surface area contributed by atoms with Crippen molar-refractivity contribution in [1.82, 2.24) is 30.5 Å². The van der Waals surface area contributed by atoms with E-state index in [-0.39, 0.29) is 11.9 Å². The fourth-order valence-corrected chi connectivity index (χ4v) is 3.55. The first-order chi connectivity index (χ1) is 13.8. The number of nitrogens with one attached hydrogen (secondary N) is 2. The summed E-state index contributed by atoms with van der Waals surface area (Å²) in [6.45, 7) is 1.48. The highest BCUT2D eigenvalue weighted by atomic mass is 16.2. The fourth-order valence-electron chi connectivity index (χ4n) is 3.55. The van der Waals surface area contributed by atoms with Crippen molar-refractivity contribution >= 4 is 11.9 Å². The van der Waals surface area contributed by atoms with Crippen molar-refractivity contribution in [2.45, 2.75) is 31.2 Å². The largest absolute Gasteiger partial charge is 0.346 e. The minimum Gasteiger partial charge on any atom is -0.346 e. The molecule has 8 heteroatoms. The number of hydrogen-bond acceptors (Lipinski definition) is 6. The van der Waals surface area contributed by atoms with Crippen molar-refractivity contribution in [3.63, 3.8) is 0 Å². The topological polar surface area (TPSA) is 99.7 Å². The Labute approximate surface area is 162 Å². The molecule has 0 spiro atoms. The number of H-pyrrole nitrogens is 1.